The number of amides is 2. The highest BCUT2D eigenvalue weighted by atomic mass is 32.2. The van der Waals surface area contributed by atoms with Crippen LogP contribution in [0.4, 0.5) is 28.0 Å². The molecule has 1 saturated carbocycles. The number of aromatic nitrogens is 3. The second-order valence-corrected chi connectivity index (χ2v) is 12.7. The molecular weight excluding hydrogens is 620 g/mol. The molecule has 1 aromatic heterocycles. The van der Waals surface area contributed by atoms with E-state index < -0.39 is 12.4 Å². The van der Waals surface area contributed by atoms with Crippen molar-refractivity contribution >= 4 is 28.6 Å². The number of rotatable bonds is 7. The van der Waals surface area contributed by atoms with Crippen molar-refractivity contribution in [2.75, 3.05) is 10.7 Å². The second kappa shape index (κ2) is 12.8. The Morgan fingerprint density at radius 1 is 1.09 bits per heavy atom. The molecule has 2 heterocycles. The summed E-state index contributed by atoms with van der Waals surface area (Å²) in [6, 6.07) is 17.6. The standard InChI is InChI=1S/C33H32F4N6O2S/c1-19(2)26-16-23(34)8-13-29(26)43-20(3)14-15-46-32(43)40-31(44)39-28-17-27(28)21-4-6-22(7-5-21)30-38-18-42(41-30)24-9-11-25(12-10-24)45-33(35,36)37/h4-13,16,18-20,27-28H,14-15,17H2,1-3H3,(H,39,44). The van der Waals surface area contributed by atoms with Gasteiger partial charge in [0.25, 0.3) is 0 Å². The molecule has 1 N–H and O–H groups in total. The summed E-state index contributed by atoms with van der Waals surface area (Å²) >= 11 is 1.53. The van der Waals surface area contributed by atoms with E-state index in [0.717, 1.165) is 41.0 Å². The molecule has 8 nitrogen and oxygen atoms in total. The number of urea groups is 1. The molecule has 1 saturated heterocycles. The van der Waals surface area contributed by atoms with Gasteiger partial charge in [0.15, 0.2) is 11.0 Å². The van der Waals surface area contributed by atoms with Gasteiger partial charge in [-0.2, -0.15) is 4.99 Å². The van der Waals surface area contributed by atoms with E-state index in [9.17, 15) is 22.4 Å². The molecule has 6 rings (SSSR count). The maximum atomic E-state index is 14.1. The fourth-order valence-electron chi connectivity index (χ4n) is 5.54. The fourth-order valence-corrected chi connectivity index (χ4v) is 6.75. The Kier molecular flexibility index (Phi) is 8.78. The van der Waals surface area contributed by atoms with Crippen LogP contribution in [0.2, 0.25) is 0 Å². The Bertz CT molecular complexity index is 1740. The molecule has 13 heteroatoms. The number of hydrogen-bond acceptors (Lipinski definition) is 5. The molecule has 3 unspecified atom stereocenters. The third-order valence-electron chi connectivity index (χ3n) is 8.00. The van der Waals surface area contributed by atoms with E-state index in [-0.39, 0.29) is 35.5 Å². The van der Waals surface area contributed by atoms with Gasteiger partial charge in [0, 0.05) is 35.0 Å². The molecule has 1 aliphatic heterocycles. The van der Waals surface area contributed by atoms with Crippen LogP contribution in [0.3, 0.4) is 0 Å². The van der Waals surface area contributed by atoms with Gasteiger partial charge in [0.2, 0.25) is 0 Å². The second-order valence-electron chi connectivity index (χ2n) is 11.7. The van der Waals surface area contributed by atoms with Gasteiger partial charge in [0.05, 0.1) is 5.69 Å². The minimum atomic E-state index is -4.76. The molecule has 240 valence electrons. The number of anilines is 1. The number of carbonyl (C=O) groups is 1. The van der Waals surface area contributed by atoms with Gasteiger partial charge in [0.1, 0.15) is 17.9 Å². The van der Waals surface area contributed by atoms with Crippen LogP contribution < -0.4 is 15.0 Å². The van der Waals surface area contributed by atoms with Crippen molar-refractivity contribution < 1.29 is 27.1 Å². The highest BCUT2D eigenvalue weighted by Gasteiger charge is 2.40. The molecule has 3 aromatic carbocycles. The highest BCUT2D eigenvalue weighted by molar-refractivity contribution is 8.14. The van der Waals surface area contributed by atoms with E-state index in [1.165, 1.54) is 53.1 Å². The number of nitrogens with one attached hydrogen (secondary N) is 1. The monoisotopic (exact) mass is 652 g/mol. The lowest BCUT2D eigenvalue weighted by Gasteiger charge is -2.37. The topological polar surface area (TPSA) is 84.6 Å². The number of carbonyl (C=O) groups excluding carboxylic acids is 1. The average Bonchev–Trinajstić information content (AvgIpc) is 3.58. The van der Waals surface area contributed by atoms with Crippen molar-refractivity contribution in [2.45, 2.75) is 63.9 Å². The van der Waals surface area contributed by atoms with Crippen LogP contribution in [-0.2, 0) is 0 Å². The Balaban J connectivity index is 1.09. The summed E-state index contributed by atoms with van der Waals surface area (Å²) in [7, 11) is 0. The number of thioether (sulfide) groups is 1. The first kappa shape index (κ1) is 31.6. The molecule has 2 amide bonds. The third-order valence-corrected chi connectivity index (χ3v) is 8.99. The SMILES string of the molecule is CC(C)c1cc(F)ccc1N1C(=NC(=O)NC2CC2c2ccc(-c3ncn(-c4ccc(OC(F)(F)F)cc4)n3)cc2)SCCC1C. The number of nitrogens with zero attached hydrogens (tertiary/aromatic N) is 5. The lowest BCUT2D eigenvalue weighted by Crippen LogP contribution is -2.43. The lowest BCUT2D eigenvalue weighted by molar-refractivity contribution is -0.274. The van der Waals surface area contributed by atoms with Gasteiger partial charge in [-0.05, 0) is 79.3 Å². The van der Waals surface area contributed by atoms with Crippen LogP contribution in [-0.4, -0.2) is 50.2 Å². The van der Waals surface area contributed by atoms with Crippen LogP contribution in [0.15, 0.2) is 78.0 Å². The quantitative estimate of drug-likeness (QED) is 0.204. The van der Waals surface area contributed by atoms with E-state index in [0.29, 0.717) is 16.7 Å². The highest BCUT2D eigenvalue weighted by Crippen LogP contribution is 2.41. The van der Waals surface area contributed by atoms with Crippen molar-refractivity contribution in [1.29, 1.82) is 0 Å². The Hall–Kier alpha value is -4.39. The number of hydrogen-bond donors (Lipinski definition) is 1. The molecule has 2 fully saturated rings. The van der Waals surface area contributed by atoms with Crippen LogP contribution in [0.25, 0.3) is 17.1 Å². The van der Waals surface area contributed by atoms with Crippen LogP contribution >= 0.6 is 11.8 Å². The van der Waals surface area contributed by atoms with Crippen LogP contribution in [0, 0.1) is 5.82 Å². The van der Waals surface area contributed by atoms with E-state index in [1.807, 2.05) is 38.1 Å². The Morgan fingerprint density at radius 2 is 1.83 bits per heavy atom. The van der Waals surface area contributed by atoms with Gasteiger partial charge in [-0.25, -0.2) is 18.9 Å². The first-order valence-electron chi connectivity index (χ1n) is 14.9. The smallest absolute Gasteiger partial charge is 0.406 e. The maximum Gasteiger partial charge on any atom is 0.573 e. The van der Waals surface area contributed by atoms with Crippen molar-refractivity contribution in [3.05, 3.63) is 90.0 Å². The molecule has 2 aliphatic rings. The molecule has 0 spiro atoms. The van der Waals surface area contributed by atoms with Gasteiger partial charge in [-0.1, -0.05) is 49.9 Å². The number of amidine groups is 1. The number of aliphatic imine (C=N–C) groups is 1. The van der Waals surface area contributed by atoms with E-state index in [1.54, 1.807) is 12.1 Å². The first-order valence-corrected chi connectivity index (χ1v) is 15.9. The van der Waals surface area contributed by atoms with Crippen LogP contribution in [0.5, 0.6) is 5.75 Å². The van der Waals surface area contributed by atoms with E-state index >= 15 is 0 Å². The zero-order valence-electron chi connectivity index (χ0n) is 25.3. The fraction of sp³-hybridized carbons (Fsp3) is 0.333. The average molecular weight is 653 g/mol. The summed E-state index contributed by atoms with van der Waals surface area (Å²) < 4.78 is 56.8. The zero-order valence-corrected chi connectivity index (χ0v) is 26.1. The molecular formula is C33H32F4N6O2S. The molecule has 0 bridgehead atoms. The maximum absolute atomic E-state index is 14.1. The van der Waals surface area contributed by atoms with E-state index in [2.05, 4.69) is 37.0 Å². The van der Waals surface area contributed by atoms with Gasteiger partial charge in [-0.3, -0.25) is 0 Å². The molecule has 3 atom stereocenters. The number of alkyl halides is 3. The van der Waals surface area contributed by atoms with Crippen molar-refractivity contribution in [1.82, 2.24) is 20.1 Å². The van der Waals surface area contributed by atoms with E-state index in [4.69, 9.17) is 0 Å². The number of ether oxygens (including phenoxy) is 1. The summed E-state index contributed by atoms with van der Waals surface area (Å²) in [6.45, 7) is 6.14. The first-order chi connectivity index (χ1) is 21.9. The minimum absolute atomic E-state index is 0.0409. The summed E-state index contributed by atoms with van der Waals surface area (Å²) in [5.41, 5.74) is 4.13. The third kappa shape index (κ3) is 7.19. The summed E-state index contributed by atoms with van der Waals surface area (Å²) in [5.74, 6) is 0.962. The van der Waals surface area contributed by atoms with Crippen molar-refractivity contribution in [3.63, 3.8) is 0 Å². The number of benzene rings is 3. The van der Waals surface area contributed by atoms with Gasteiger partial charge in [-0.15, -0.1) is 18.3 Å². The summed E-state index contributed by atoms with van der Waals surface area (Å²) in [6.07, 6.45) is -1.55. The van der Waals surface area contributed by atoms with Crippen molar-refractivity contribution in [2.24, 2.45) is 4.99 Å². The van der Waals surface area contributed by atoms with Gasteiger partial charge >= 0.3 is 12.4 Å². The zero-order chi connectivity index (χ0) is 32.6. The molecule has 0 radical (unpaired) electrons. The number of halogens is 4. The van der Waals surface area contributed by atoms with Gasteiger partial charge < -0.3 is 15.0 Å². The molecule has 4 aromatic rings. The molecule has 1 aliphatic carbocycles. The Morgan fingerprint density at radius 3 is 2.52 bits per heavy atom. The minimum Gasteiger partial charge on any atom is -0.406 e. The van der Waals surface area contributed by atoms with Crippen LogP contribution in [0.1, 0.15) is 56.6 Å². The molecule has 46 heavy (non-hydrogen) atoms. The largest absolute Gasteiger partial charge is 0.573 e. The predicted molar refractivity (Wildman–Crippen MR) is 170 cm³/mol. The normalized spacial score (nSPS) is 20.7. The Labute approximate surface area is 267 Å². The lowest BCUT2D eigenvalue weighted by atomic mass is 9.99. The summed E-state index contributed by atoms with van der Waals surface area (Å²) in [4.78, 5) is 23.9. The predicted octanol–water partition coefficient (Wildman–Crippen LogP) is 8.05. The van der Waals surface area contributed by atoms with Crippen molar-refractivity contribution in [3.8, 4) is 22.8 Å². The summed E-state index contributed by atoms with van der Waals surface area (Å²) in [5, 5.41) is 8.11.